The molecule has 0 aromatic heterocycles. The van der Waals surface area contributed by atoms with Gasteiger partial charge in [0.25, 0.3) is 0 Å². The summed E-state index contributed by atoms with van der Waals surface area (Å²) in [5, 5.41) is 7.06. The zero-order valence-corrected chi connectivity index (χ0v) is 17.8. The van der Waals surface area contributed by atoms with E-state index >= 15 is 0 Å². The van der Waals surface area contributed by atoms with Gasteiger partial charge in [0, 0.05) is 38.8 Å². The molecule has 2 saturated heterocycles. The zero-order chi connectivity index (χ0) is 19.8. The number of likely N-dealkylation sites (tertiary alicyclic amines) is 1. The molecule has 0 aliphatic carbocycles. The van der Waals surface area contributed by atoms with Crippen LogP contribution in [0.1, 0.15) is 33.1 Å². The van der Waals surface area contributed by atoms with Gasteiger partial charge in [-0.1, -0.05) is 19.1 Å². The molecule has 1 aromatic rings. The fourth-order valence-electron chi connectivity index (χ4n) is 4.21. The number of rotatable bonds is 8. The first kappa shape index (κ1) is 20.8. The van der Waals surface area contributed by atoms with Crippen LogP contribution in [0.2, 0.25) is 0 Å². The number of para-hydroxylation sites is 2. The molecule has 2 aliphatic heterocycles. The van der Waals surface area contributed by atoms with Crippen molar-refractivity contribution in [1.82, 2.24) is 15.5 Å². The first-order chi connectivity index (χ1) is 13.7. The topological polar surface area (TPSA) is 52.1 Å². The summed E-state index contributed by atoms with van der Waals surface area (Å²) >= 11 is 0. The highest BCUT2D eigenvalue weighted by atomic mass is 16.5. The molecule has 1 aromatic carbocycles. The van der Waals surface area contributed by atoms with Crippen LogP contribution >= 0.6 is 0 Å². The molecule has 0 spiro atoms. The molecule has 6 nitrogen and oxygen atoms in total. The number of ether oxygens (including phenoxy) is 1. The summed E-state index contributed by atoms with van der Waals surface area (Å²) in [4.78, 5) is 9.85. The van der Waals surface area contributed by atoms with E-state index in [-0.39, 0.29) is 0 Å². The average Bonchev–Trinajstić information content (AvgIpc) is 3.38. The molecule has 2 aliphatic rings. The normalized spacial score (nSPS) is 21.8. The van der Waals surface area contributed by atoms with E-state index in [0.717, 1.165) is 50.9 Å². The van der Waals surface area contributed by atoms with E-state index in [0.29, 0.717) is 12.0 Å². The Morgan fingerprint density at radius 1 is 1.25 bits per heavy atom. The Balaban J connectivity index is 1.52. The monoisotopic (exact) mass is 387 g/mol. The van der Waals surface area contributed by atoms with Crippen LogP contribution < -0.4 is 20.3 Å². The van der Waals surface area contributed by atoms with Gasteiger partial charge in [0.05, 0.1) is 12.8 Å². The standard InChI is InChI=1S/C22H37N5O/c1-4-23-22(24-15-18(2)16-26-12-7-8-13-26)25-19-11-14-27(17-19)20-9-5-6-10-21(20)28-3/h5-6,9-10,18-19H,4,7-8,11-17H2,1-3H3,(H2,23,24,25). The smallest absolute Gasteiger partial charge is 0.191 e. The highest BCUT2D eigenvalue weighted by Gasteiger charge is 2.25. The minimum Gasteiger partial charge on any atom is -0.495 e. The lowest BCUT2D eigenvalue weighted by atomic mass is 10.2. The first-order valence-corrected chi connectivity index (χ1v) is 10.8. The van der Waals surface area contributed by atoms with Crippen LogP contribution in [-0.4, -0.2) is 69.8 Å². The number of aliphatic imine (C=N–C) groups is 1. The summed E-state index contributed by atoms with van der Waals surface area (Å²) in [6, 6.07) is 8.67. The van der Waals surface area contributed by atoms with Crippen LogP contribution in [0.3, 0.4) is 0 Å². The zero-order valence-electron chi connectivity index (χ0n) is 17.8. The SMILES string of the molecule is CCNC(=NCC(C)CN1CCCC1)NC1CCN(c2ccccc2OC)C1. The predicted molar refractivity (Wildman–Crippen MR) is 118 cm³/mol. The summed E-state index contributed by atoms with van der Waals surface area (Å²) in [5.74, 6) is 2.48. The van der Waals surface area contributed by atoms with E-state index in [2.05, 4.69) is 46.4 Å². The van der Waals surface area contributed by atoms with Crippen LogP contribution in [0.5, 0.6) is 5.75 Å². The molecule has 2 N–H and O–H groups in total. The molecular formula is C22H37N5O. The number of hydrogen-bond acceptors (Lipinski definition) is 4. The minimum atomic E-state index is 0.400. The van der Waals surface area contributed by atoms with E-state index < -0.39 is 0 Å². The molecule has 2 heterocycles. The van der Waals surface area contributed by atoms with Crippen molar-refractivity contribution in [3.05, 3.63) is 24.3 Å². The summed E-state index contributed by atoms with van der Waals surface area (Å²) < 4.78 is 5.53. The second-order valence-corrected chi connectivity index (χ2v) is 8.08. The number of benzene rings is 1. The number of nitrogens with one attached hydrogen (secondary N) is 2. The van der Waals surface area contributed by atoms with E-state index in [1.807, 2.05) is 12.1 Å². The van der Waals surface area contributed by atoms with Gasteiger partial charge in [-0.05, 0) is 57.3 Å². The fraction of sp³-hybridized carbons (Fsp3) is 0.682. The number of guanidine groups is 1. The largest absolute Gasteiger partial charge is 0.495 e. The van der Waals surface area contributed by atoms with Crippen LogP contribution in [0.25, 0.3) is 0 Å². The van der Waals surface area contributed by atoms with Gasteiger partial charge in [-0.25, -0.2) is 0 Å². The van der Waals surface area contributed by atoms with Gasteiger partial charge in [0.2, 0.25) is 0 Å². The molecule has 156 valence electrons. The summed E-state index contributed by atoms with van der Waals surface area (Å²) in [6.45, 7) is 11.9. The van der Waals surface area contributed by atoms with Gasteiger partial charge in [0.1, 0.15) is 5.75 Å². The van der Waals surface area contributed by atoms with Gasteiger partial charge in [-0.3, -0.25) is 4.99 Å². The van der Waals surface area contributed by atoms with Crippen LogP contribution in [0.4, 0.5) is 5.69 Å². The first-order valence-electron chi connectivity index (χ1n) is 10.8. The lowest BCUT2D eigenvalue weighted by Gasteiger charge is -2.22. The molecule has 2 unspecified atom stereocenters. The Labute approximate surface area is 170 Å². The van der Waals surface area contributed by atoms with E-state index in [9.17, 15) is 0 Å². The lowest BCUT2D eigenvalue weighted by Crippen LogP contribution is -2.45. The molecule has 2 atom stereocenters. The second kappa shape index (κ2) is 10.6. The number of hydrogen-bond donors (Lipinski definition) is 2. The predicted octanol–water partition coefficient (Wildman–Crippen LogP) is 2.56. The third kappa shape index (κ3) is 5.77. The molecule has 28 heavy (non-hydrogen) atoms. The minimum absolute atomic E-state index is 0.400. The molecule has 0 bridgehead atoms. The van der Waals surface area contributed by atoms with Gasteiger partial charge < -0.3 is 25.2 Å². The number of methoxy groups -OCH3 is 1. The van der Waals surface area contributed by atoms with Crippen LogP contribution in [0.15, 0.2) is 29.3 Å². The van der Waals surface area contributed by atoms with Crippen molar-refractivity contribution in [2.45, 2.75) is 39.2 Å². The third-order valence-corrected chi connectivity index (χ3v) is 5.63. The molecule has 0 radical (unpaired) electrons. The third-order valence-electron chi connectivity index (χ3n) is 5.63. The maximum absolute atomic E-state index is 5.53. The van der Waals surface area contributed by atoms with Gasteiger partial charge in [0.15, 0.2) is 5.96 Å². The van der Waals surface area contributed by atoms with Gasteiger partial charge in [-0.15, -0.1) is 0 Å². The highest BCUT2D eigenvalue weighted by Crippen LogP contribution is 2.30. The van der Waals surface area contributed by atoms with Gasteiger partial charge in [-0.2, -0.15) is 0 Å². The van der Waals surface area contributed by atoms with E-state index in [4.69, 9.17) is 9.73 Å². The van der Waals surface area contributed by atoms with Crippen LogP contribution in [-0.2, 0) is 0 Å². The maximum atomic E-state index is 5.53. The fourth-order valence-corrected chi connectivity index (χ4v) is 4.21. The van der Waals surface area contributed by atoms with Crippen molar-refractivity contribution >= 4 is 11.6 Å². The molecule has 3 rings (SSSR count). The number of anilines is 1. The highest BCUT2D eigenvalue weighted by molar-refractivity contribution is 5.80. The van der Waals surface area contributed by atoms with Crippen LogP contribution in [0, 0.1) is 5.92 Å². The molecule has 6 heteroatoms. The van der Waals surface area contributed by atoms with E-state index in [1.54, 1.807) is 7.11 Å². The van der Waals surface area contributed by atoms with Crippen molar-refractivity contribution in [2.24, 2.45) is 10.9 Å². The molecule has 0 saturated carbocycles. The Hall–Kier alpha value is -1.95. The maximum Gasteiger partial charge on any atom is 0.191 e. The summed E-state index contributed by atoms with van der Waals surface area (Å²) in [5.41, 5.74) is 1.18. The molecule has 0 amide bonds. The second-order valence-electron chi connectivity index (χ2n) is 8.08. The molecule has 2 fully saturated rings. The summed E-state index contributed by atoms with van der Waals surface area (Å²) in [6.07, 6.45) is 3.81. The van der Waals surface area contributed by atoms with E-state index in [1.165, 1.54) is 31.6 Å². The summed E-state index contributed by atoms with van der Waals surface area (Å²) in [7, 11) is 1.74. The quantitative estimate of drug-likeness (QED) is 0.530. The van der Waals surface area contributed by atoms with Gasteiger partial charge >= 0.3 is 0 Å². The lowest BCUT2D eigenvalue weighted by molar-refractivity contribution is 0.291. The van der Waals surface area contributed by atoms with Crippen molar-refractivity contribution in [3.8, 4) is 5.75 Å². The Bertz CT molecular complexity index is 629. The van der Waals surface area contributed by atoms with Crippen molar-refractivity contribution < 1.29 is 4.74 Å². The number of nitrogens with zero attached hydrogens (tertiary/aromatic N) is 3. The average molecular weight is 388 g/mol. The Morgan fingerprint density at radius 2 is 2.04 bits per heavy atom. The van der Waals surface area contributed by atoms with Crippen molar-refractivity contribution in [2.75, 3.05) is 57.8 Å². The Kier molecular flexibility index (Phi) is 7.83. The molecular weight excluding hydrogens is 350 g/mol. The Morgan fingerprint density at radius 3 is 2.79 bits per heavy atom. The van der Waals surface area contributed by atoms with Crippen molar-refractivity contribution in [1.29, 1.82) is 0 Å². The van der Waals surface area contributed by atoms with Crippen molar-refractivity contribution in [3.63, 3.8) is 0 Å².